The first kappa shape index (κ1) is 7.32. The van der Waals surface area contributed by atoms with Crippen molar-refractivity contribution < 1.29 is 4.58 Å². The van der Waals surface area contributed by atoms with Gasteiger partial charge in [0.2, 0.25) is 0 Å². The van der Waals surface area contributed by atoms with E-state index in [1.807, 2.05) is 0 Å². The summed E-state index contributed by atoms with van der Waals surface area (Å²) in [6.07, 6.45) is 2.66. The van der Waals surface area contributed by atoms with Gasteiger partial charge in [-0.25, -0.2) is 0 Å². The molecular formula is C7H12N3Se+. The van der Waals surface area contributed by atoms with Crippen LogP contribution < -0.4 is 5.73 Å². The average molecular weight is 217 g/mol. The Bertz CT molecular complexity index is 224. The van der Waals surface area contributed by atoms with E-state index in [0.717, 1.165) is 11.2 Å². The second kappa shape index (κ2) is 2.95. The second-order valence-corrected chi connectivity index (χ2v) is 4.85. The van der Waals surface area contributed by atoms with Crippen molar-refractivity contribution in [2.45, 2.75) is 18.2 Å². The Labute approximate surface area is 72.5 Å². The quantitative estimate of drug-likeness (QED) is 0.437. The fourth-order valence-corrected chi connectivity index (χ4v) is 3.26. The summed E-state index contributed by atoms with van der Waals surface area (Å²) in [7, 11) is 0. The molecule has 0 amide bonds. The molecule has 11 heavy (non-hydrogen) atoms. The molecule has 4 heteroatoms. The molecule has 0 radical (unpaired) electrons. The van der Waals surface area contributed by atoms with Crippen LogP contribution in [-0.2, 0) is 0 Å². The van der Waals surface area contributed by atoms with Crippen LogP contribution in [0.2, 0.25) is 5.32 Å². The van der Waals surface area contributed by atoms with Gasteiger partial charge < -0.3 is 0 Å². The van der Waals surface area contributed by atoms with E-state index < -0.39 is 0 Å². The summed E-state index contributed by atoms with van der Waals surface area (Å²) in [5.74, 6) is 0.840. The van der Waals surface area contributed by atoms with Crippen LogP contribution in [0.15, 0.2) is 4.99 Å². The Balaban J connectivity index is 2.20. The molecule has 2 aliphatic rings. The van der Waals surface area contributed by atoms with Gasteiger partial charge in [0, 0.05) is 0 Å². The zero-order chi connectivity index (χ0) is 7.68. The SMILES string of the molecule is NC1=NC(=[N+]2CCCC2)[Se]C1. The van der Waals surface area contributed by atoms with Crippen LogP contribution in [-0.4, -0.2) is 43.2 Å². The summed E-state index contributed by atoms with van der Waals surface area (Å²) in [6, 6.07) is 0. The van der Waals surface area contributed by atoms with Gasteiger partial charge in [-0.05, 0) is 0 Å². The molecule has 0 aromatic heterocycles. The molecular weight excluding hydrogens is 205 g/mol. The van der Waals surface area contributed by atoms with Crippen molar-refractivity contribution in [3.8, 4) is 0 Å². The predicted octanol–water partition coefficient (Wildman–Crippen LogP) is -0.358. The van der Waals surface area contributed by atoms with Gasteiger partial charge in [-0.15, -0.1) is 0 Å². The molecule has 0 bridgehead atoms. The first-order chi connectivity index (χ1) is 5.36. The van der Waals surface area contributed by atoms with E-state index in [-0.39, 0.29) is 0 Å². The summed E-state index contributed by atoms with van der Waals surface area (Å²) in [6.45, 7) is 2.40. The van der Waals surface area contributed by atoms with Crippen molar-refractivity contribution in [2.75, 3.05) is 13.1 Å². The summed E-state index contributed by atoms with van der Waals surface area (Å²) < 4.78 is 3.67. The van der Waals surface area contributed by atoms with Gasteiger partial charge in [0.05, 0.1) is 0 Å². The molecule has 0 spiro atoms. The molecule has 3 nitrogen and oxygen atoms in total. The van der Waals surface area contributed by atoms with Crippen molar-refractivity contribution in [1.29, 1.82) is 0 Å². The molecule has 2 heterocycles. The van der Waals surface area contributed by atoms with Crippen molar-refractivity contribution >= 4 is 25.5 Å². The van der Waals surface area contributed by atoms with E-state index in [0.29, 0.717) is 15.0 Å². The topological polar surface area (TPSA) is 41.4 Å². The summed E-state index contributed by atoms with van der Waals surface area (Å²) in [5.41, 5.74) is 5.61. The first-order valence-electron chi connectivity index (χ1n) is 3.94. The molecule has 0 unspecified atom stereocenters. The summed E-state index contributed by atoms with van der Waals surface area (Å²) in [4.78, 5) is 4.34. The van der Waals surface area contributed by atoms with Gasteiger partial charge in [-0.3, -0.25) is 0 Å². The fourth-order valence-electron chi connectivity index (χ4n) is 1.40. The Morgan fingerprint density at radius 1 is 1.36 bits per heavy atom. The Morgan fingerprint density at radius 2 is 2.09 bits per heavy atom. The number of nitrogens with zero attached hydrogens (tertiary/aromatic N) is 2. The fraction of sp³-hybridized carbons (Fsp3) is 0.714. The van der Waals surface area contributed by atoms with Crippen molar-refractivity contribution in [3.05, 3.63) is 0 Å². The maximum atomic E-state index is 5.61. The van der Waals surface area contributed by atoms with Crippen LogP contribution in [0.5, 0.6) is 0 Å². The Hall–Kier alpha value is -0.341. The van der Waals surface area contributed by atoms with Crippen LogP contribution in [0, 0.1) is 0 Å². The number of rotatable bonds is 0. The minimum atomic E-state index is 0.536. The van der Waals surface area contributed by atoms with Gasteiger partial charge in [-0.1, -0.05) is 0 Å². The molecule has 0 aromatic carbocycles. The van der Waals surface area contributed by atoms with E-state index >= 15 is 0 Å². The molecule has 0 saturated carbocycles. The van der Waals surface area contributed by atoms with Crippen molar-refractivity contribution in [2.24, 2.45) is 10.7 Å². The molecule has 1 saturated heterocycles. The third-order valence-corrected chi connectivity index (χ3v) is 4.16. The standard InChI is InChI=1S/C7H11N3Se/c8-6-5-11-7(9-6)10-3-1-2-4-10/h8H,1-5H2/p+1. The predicted molar refractivity (Wildman–Crippen MR) is 46.4 cm³/mol. The average Bonchev–Trinajstić information content (AvgIpc) is 2.55. The molecule has 0 aliphatic carbocycles. The molecule has 2 rings (SSSR count). The zero-order valence-electron chi connectivity index (χ0n) is 6.42. The number of amidine groups is 2. The molecule has 60 valence electrons. The number of hydrogen-bond donors (Lipinski definition) is 1. The van der Waals surface area contributed by atoms with Crippen molar-refractivity contribution in [1.82, 2.24) is 0 Å². The van der Waals surface area contributed by atoms with Crippen LogP contribution in [0.25, 0.3) is 0 Å². The van der Waals surface area contributed by atoms with Gasteiger partial charge in [0.15, 0.2) is 0 Å². The number of aliphatic imine (C=N–C) groups is 1. The summed E-state index contributed by atoms with van der Waals surface area (Å²) >= 11 is 0.536. The molecule has 0 aromatic rings. The Morgan fingerprint density at radius 3 is 2.64 bits per heavy atom. The summed E-state index contributed by atoms with van der Waals surface area (Å²) in [5, 5.41) is 1.03. The zero-order valence-corrected chi connectivity index (χ0v) is 8.13. The normalized spacial score (nSPS) is 24.5. The van der Waals surface area contributed by atoms with Crippen molar-refractivity contribution in [3.63, 3.8) is 0 Å². The van der Waals surface area contributed by atoms with Gasteiger partial charge >= 0.3 is 72.1 Å². The number of hydrogen-bond acceptors (Lipinski definition) is 1. The third kappa shape index (κ3) is 1.47. The van der Waals surface area contributed by atoms with E-state index in [1.54, 1.807) is 0 Å². The van der Waals surface area contributed by atoms with Crippen LogP contribution >= 0.6 is 0 Å². The second-order valence-electron chi connectivity index (χ2n) is 2.87. The number of nitrogens with two attached hydrogens (primary N) is 1. The molecule has 1 fully saturated rings. The maximum absolute atomic E-state index is 5.61. The van der Waals surface area contributed by atoms with Gasteiger partial charge in [0.1, 0.15) is 0 Å². The Kier molecular flexibility index (Phi) is 1.96. The van der Waals surface area contributed by atoms with E-state index in [1.165, 1.54) is 30.7 Å². The third-order valence-electron chi connectivity index (χ3n) is 1.96. The van der Waals surface area contributed by atoms with Crippen LogP contribution in [0.4, 0.5) is 0 Å². The molecule has 0 atom stereocenters. The van der Waals surface area contributed by atoms with Crippen LogP contribution in [0.3, 0.4) is 0 Å². The molecule has 2 N–H and O–H groups in total. The van der Waals surface area contributed by atoms with Gasteiger partial charge in [-0.2, -0.15) is 0 Å². The first-order valence-corrected chi connectivity index (χ1v) is 6.01. The van der Waals surface area contributed by atoms with E-state index in [9.17, 15) is 0 Å². The van der Waals surface area contributed by atoms with E-state index in [4.69, 9.17) is 5.73 Å². The monoisotopic (exact) mass is 218 g/mol. The minimum absolute atomic E-state index is 0.536. The molecule has 2 aliphatic heterocycles. The van der Waals surface area contributed by atoms with Crippen LogP contribution in [0.1, 0.15) is 12.8 Å². The van der Waals surface area contributed by atoms with Gasteiger partial charge in [0.25, 0.3) is 0 Å². The van der Waals surface area contributed by atoms with E-state index in [2.05, 4.69) is 9.57 Å².